The van der Waals surface area contributed by atoms with Gasteiger partial charge in [-0.25, -0.2) is 14.6 Å². The van der Waals surface area contributed by atoms with E-state index in [2.05, 4.69) is 15.1 Å². The van der Waals surface area contributed by atoms with Crippen LogP contribution in [0.15, 0.2) is 41.8 Å². The Kier molecular flexibility index (Phi) is 5.20. The third kappa shape index (κ3) is 3.81. The summed E-state index contributed by atoms with van der Waals surface area (Å²) in [5, 5.41) is 7.25. The average molecular weight is 375 g/mol. The largest absolute Gasteiger partial charge is 0.334 e. The number of likely N-dealkylation sites (tertiary alicyclic amines) is 1. The standard InChI is InChI=1S/C18H20ClN5S/c19-14-4-6-15(7-5-14)24-17-16(12-22-24)18(21-13-20-17)25-11-10-23-8-2-1-3-9-23/h4-7,12-13H,1-3,8-11H2/p+1. The molecule has 1 saturated heterocycles. The Morgan fingerprint density at radius 2 is 1.88 bits per heavy atom. The summed E-state index contributed by atoms with van der Waals surface area (Å²) in [4.78, 5) is 10.6. The molecule has 1 aliphatic rings. The van der Waals surface area contributed by atoms with E-state index in [1.165, 1.54) is 38.9 Å². The topological polar surface area (TPSA) is 48.0 Å². The molecule has 3 aromatic rings. The van der Waals surface area contributed by atoms with Crippen molar-refractivity contribution in [3.63, 3.8) is 0 Å². The van der Waals surface area contributed by atoms with Crippen molar-refractivity contribution in [2.75, 3.05) is 25.4 Å². The Labute approximate surface area is 156 Å². The van der Waals surface area contributed by atoms with E-state index >= 15 is 0 Å². The van der Waals surface area contributed by atoms with Crippen molar-refractivity contribution in [1.29, 1.82) is 0 Å². The third-order valence-corrected chi connectivity index (χ3v) is 5.91. The lowest BCUT2D eigenvalue weighted by Crippen LogP contribution is -3.13. The Balaban J connectivity index is 1.51. The summed E-state index contributed by atoms with van der Waals surface area (Å²) in [7, 11) is 0. The zero-order valence-electron chi connectivity index (χ0n) is 14.0. The van der Waals surface area contributed by atoms with Crippen LogP contribution in [-0.2, 0) is 0 Å². The first-order valence-corrected chi connectivity index (χ1v) is 10.1. The minimum Gasteiger partial charge on any atom is -0.334 e. The lowest BCUT2D eigenvalue weighted by molar-refractivity contribution is -0.902. The molecule has 0 amide bonds. The smallest absolute Gasteiger partial charge is 0.167 e. The van der Waals surface area contributed by atoms with Crippen LogP contribution in [0.3, 0.4) is 0 Å². The minimum absolute atomic E-state index is 0.714. The molecule has 1 aliphatic heterocycles. The van der Waals surface area contributed by atoms with Gasteiger partial charge in [-0.1, -0.05) is 23.4 Å². The molecule has 1 fully saturated rings. The third-order valence-electron chi connectivity index (χ3n) is 4.66. The van der Waals surface area contributed by atoms with Gasteiger partial charge in [-0.15, -0.1) is 0 Å². The summed E-state index contributed by atoms with van der Waals surface area (Å²) in [6.45, 7) is 3.82. The van der Waals surface area contributed by atoms with E-state index in [0.717, 1.165) is 27.5 Å². The summed E-state index contributed by atoms with van der Waals surface area (Å²) in [5.74, 6) is 1.08. The maximum Gasteiger partial charge on any atom is 0.167 e. The molecule has 25 heavy (non-hydrogen) atoms. The summed E-state index contributed by atoms with van der Waals surface area (Å²) < 4.78 is 1.84. The van der Waals surface area contributed by atoms with Crippen LogP contribution in [0.25, 0.3) is 16.7 Å². The van der Waals surface area contributed by atoms with E-state index in [-0.39, 0.29) is 0 Å². The molecule has 7 heteroatoms. The van der Waals surface area contributed by atoms with Gasteiger partial charge < -0.3 is 4.90 Å². The van der Waals surface area contributed by atoms with Gasteiger partial charge in [-0.05, 0) is 43.5 Å². The lowest BCUT2D eigenvalue weighted by Gasteiger charge is -2.23. The molecular formula is C18H21ClN5S+. The molecule has 0 saturated carbocycles. The van der Waals surface area contributed by atoms with Gasteiger partial charge in [0, 0.05) is 10.8 Å². The quantitative estimate of drug-likeness (QED) is 0.551. The van der Waals surface area contributed by atoms with Crippen LogP contribution in [0.5, 0.6) is 0 Å². The second kappa shape index (κ2) is 7.72. The monoisotopic (exact) mass is 374 g/mol. The maximum atomic E-state index is 5.98. The number of halogens is 1. The number of benzene rings is 1. The number of hydrogen-bond acceptors (Lipinski definition) is 4. The molecule has 130 valence electrons. The van der Waals surface area contributed by atoms with Crippen LogP contribution < -0.4 is 4.90 Å². The first-order chi connectivity index (χ1) is 12.3. The Hall–Kier alpha value is -1.63. The number of nitrogens with one attached hydrogen (secondary N) is 1. The van der Waals surface area contributed by atoms with E-state index in [1.54, 1.807) is 11.2 Å². The summed E-state index contributed by atoms with van der Waals surface area (Å²) in [6.07, 6.45) is 7.62. The molecule has 1 N–H and O–H groups in total. The van der Waals surface area contributed by atoms with Gasteiger partial charge in [0.2, 0.25) is 0 Å². The molecule has 1 aromatic carbocycles. The molecule has 0 bridgehead atoms. The zero-order valence-corrected chi connectivity index (χ0v) is 15.6. The van der Waals surface area contributed by atoms with Crippen LogP contribution in [0.1, 0.15) is 19.3 Å². The summed E-state index contributed by atoms with van der Waals surface area (Å²) in [5.41, 5.74) is 1.79. The second-order valence-corrected chi connectivity index (χ2v) is 7.88. The fraction of sp³-hybridized carbons (Fsp3) is 0.389. The van der Waals surface area contributed by atoms with Crippen molar-refractivity contribution in [3.05, 3.63) is 41.8 Å². The van der Waals surface area contributed by atoms with Gasteiger partial charge in [-0.3, -0.25) is 0 Å². The Morgan fingerprint density at radius 3 is 2.68 bits per heavy atom. The van der Waals surface area contributed by atoms with Gasteiger partial charge in [0.1, 0.15) is 11.4 Å². The first-order valence-electron chi connectivity index (χ1n) is 8.72. The fourth-order valence-corrected chi connectivity index (χ4v) is 4.43. The first kappa shape index (κ1) is 16.8. The highest BCUT2D eigenvalue weighted by Gasteiger charge is 2.15. The number of nitrogens with zero attached hydrogens (tertiary/aromatic N) is 4. The predicted molar refractivity (Wildman–Crippen MR) is 102 cm³/mol. The Bertz CT molecular complexity index is 842. The van der Waals surface area contributed by atoms with E-state index in [4.69, 9.17) is 11.6 Å². The average Bonchev–Trinajstić information content (AvgIpc) is 3.08. The second-order valence-electron chi connectivity index (χ2n) is 6.36. The van der Waals surface area contributed by atoms with Gasteiger partial charge in [0.05, 0.1) is 36.9 Å². The van der Waals surface area contributed by atoms with Crippen molar-refractivity contribution in [1.82, 2.24) is 19.7 Å². The molecule has 0 unspecified atom stereocenters. The molecular weight excluding hydrogens is 354 g/mol. The van der Waals surface area contributed by atoms with E-state index in [9.17, 15) is 0 Å². The zero-order chi connectivity index (χ0) is 17.1. The van der Waals surface area contributed by atoms with Crippen LogP contribution >= 0.6 is 23.4 Å². The Morgan fingerprint density at radius 1 is 1.08 bits per heavy atom. The van der Waals surface area contributed by atoms with Crippen molar-refractivity contribution >= 4 is 34.4 Å². The van der Waals surface area contributed by atoms with Crippen LogP contribution in [-0.4, -0.2) is 45.1 Å². The molecule has 0 atom stereocenters. The highest BCUT2D eigenvalue weighted by Crippen LogP contribution is 2.25. The lowest BCUT2D eigenvalue weighted by atomic mass is 10.1. The van der Waals surface area contributed by atoms with Crippen LogP contribution in [0.2, 0.25) is 5.02 Å². The van der Waals surface area contributed by atoms with Gasteiger partial charge in [-0.2, -0.15) is 5.10 Å². The number of hydrogen-bond donors (Lipinski definition) is 1. The van der Waals surface area contributed by atoms with Crippen LogP contribution in [0.4, 0.5) is 0 Å². The summed E-state index contributed by atoms with van der Waals surface area (Å²) >= 11 is 7.79. The number of thioether (sulfide) groups is 1. The van der Waals surface area contributed by atoms with Crippen LogP contribution in [0, 0.1) is 0 Å². The molecule has 0 radical (unpaired) electrons. The SMILES string of the molecule is Clc1ccc(-n2ncc3c(SCC[NH+]4CCCCC4)ncnc32)cc1. The van der Waals surface area contributed by atoms with Crippen molar-refractivity contribution in [3.8, 4) is 5.69 Å². The van der Waals surface area contributed by atoms with Crippen molar-refractivity contribution < 1.29 is 4.90 Å². The minimum atomic E-state index is 0.714. The summed E-state index contributed by atoms with van der Waals surface area (Å²) in [6, 6.07) is 7.62. The number of aromatic nitrogens is 4. The van der Waals surface area contributed by atoms with E-state index in [1.807, 2.05) is 46.9 Å². The predicted octanol–water partition coefficient (Wildman–Crippen LogP) is 2.63. The van der Waals surface area contributed by atoms with Crippen molar-refractivity contribution in [2.24, 2.45) is 0 Å². The number of fused-ring (bicyclic) bond motifs is 1. The number of rotatable bonds is 5. The molecule has 2 aromatic heterocycles. The number of piperidine rings is 1. The highest BCUT2D eigenvalue weighted by molar-refractivity contribution is 7.99. The van der Waals surface area contributed by atoms with E-state index < -0.39 is 0 Å². The highest BCUT2D eigenvalue weighted by atomic mass is 35.5. The fourth-order valence-electron chi connectivity index (χ4n) is 3.30. The molecule has 0 aliphatic carbocycles. The van der Waals surface area contributed by atoms with Gasteiger partial charge >= 0.3 is 0 Å². The maximum absolute atomic E-state index is 5.98. The molecule has 5 nitrogen and oxygen atoms in total. The van der Waals surface area contributed by atoms with Gasteiger partial charge in [0.15, 0.2) is 5.65 Å². The number of quaternary nitrogens is 1. The van der Waals surface area contributed by atoms with Gasteiger partial charge in [0.25, 0.3) is 0 Å². The molecule has 4 rings (SSSR count). The normalized spacial score (nSPS) is 15.7. The van der Waals surface area contributed by atoms with E-state index in [0.29, 0.717) is 5.02 Å². The molecule has 3 heterocycles. The molecule has 0 spiro atoms. The van der Waals surface area contributed by atoms with Crippen molar-refractivity contribution in [2.45, 2.75) is 24.3 Å².